The summed E-state index contributed by atoms with van der Waals surface area (Å²) in [5, 5.41) is 5.66. The van der Waals surface area contributed by atoms with Crippen molar-refractivity contribution in [2.24, 2.45) is 11.3 Å². The molecule has 2 amide bonds. The molecule has 2 unspecified atom stereocenters. The molecule has 9 rings (SSSR count). The molecule has 0 bridgehead atoms. The van der Waals surface area contributed by atoms with Crippen LogP contribution < -0.4 is 20.4 Å². The number of hydrogen-bond donors (Lipinski definition) is 2. The van der Waals surface area contributed by atoms with Gasteiger partial charge in [0.2, 0.25) is 11.8 Å². The summed E-state index contributed by atoms with van der Waals surface area (Å²) in [7, 11) is 4.04. The Morgan fingerprint density at radius 1 is 1.00 bits per heavy atom. The zero-order valence-electron chi connectivity index (χ0n) is 39.4. The minimum absolute atomic E-state index is 0.172. The van der Waals surface area contributed by atoms with Crippen molar-refractivity contribution in [3.63, 3.8) is 0 Å². The van der Waals surface area contributed by atoms with Crippen LogP contribution in [0.15, 0.2) is 55.8 Å². The molecule has 6 aliphatic rings. The fourth-order valence-electron chi connectivity index (χ4n) is 11.9. The number of imide groups is 1. The first-order valence-electron chi connectivity index (χ1n) is 23.9. The van der Waals surface area contributed by atoms with E-state index in [0.29, 0.717) is 43.0 Å². The summed E-state index contributed by atoms with van der Waals surface area (Å²) < 4.78 is 40.0. The van der Waals surface area contributed by atoms with Crippen molar-refractivity contribution in [2.45, 2.75) is 122 Å². The number of nitrogens with zero attached hydrogens (tertiary/aromatic N) is 6. The van der Waals surface area contributed by atoms with E-state index in [9.17, 15) is 22.8 Å². The van der Waals surface area contributed by atoms with Gasteiger partial charge in [0.15, 0.2) is 0 Å². The highest BCUT2D eigenvalue weighted by molar-refractivity contribution is 6.01. The number of rotatable bonds is 9. The van der Waals surface area contributed by atoms with Crippen LogP contribution in [-0.4, -0.2) is 109 Å². The van der Waals surface area contributed by atoms with Gasteiger partial charge in [0.05, 0.1) is 35.7 Å². The van der Waals surface area contributed by atoms with E-state index in [1.54, 1.807) is 12.3 Å². The molecule has 1 saturated carbocycles. The van der Waals surface area contributed by atoms with Crippen molar-refractivity contribution in [1.82, 2.24) is 25.0 Å². The quantitative estimate of drug-likeness (QED) is 0.204. The van der Waals surface area contributed by atoms with Gasteiger partial charge in [0, 0.05) is 94.5 Å². The van der Waals surface area contributed by atoms with Crippen molar-refractivity contribution in [2.75, 3.05) is 68.5 Å². The molecule has 1 aromatic heterocycles. The molecule has 10 nitrogen and oxygen atoms in total. The molecule has 3 aromatic rings. The molecule has 6 heterocycles. The van der Waals surface area contributed by atoms with E-state index in [4.69, 9.17) is 0 Å². The number of benzene rings is 2. The SMILES string of the molecule is C=C1c2cc3c(cc2CN1C1CCC(=O)NC1=O)N1CCN(CC2CCC(CC)(CC)CC2)C[C@H]1CN3C.C=Cc1c(NC)ccc2c1CC(C)N(CC(F)(F)F)[C@@H]2c1ccc(C)cn1. The van der Waals surface area contributed by atoms with Gasteiger partial charge < -0.3 is 20.0 Å². The Morgan fingerprint density at radius 2 is 1.75 bits per heavy atom. The number of pyridine rings is 1. The molecule has 13 heteroatoms. The normalized spacial score (nSPS) is 24.6. The average molecular weight is 895 g/mol. The summed E-state index contributed by atoms with van der Waals surface area (Å²) >= 11 is 0. The highest BCUT2D eigenvalue weighted by Gasteiger charge is 2.43. The maximum Gasteiger partial charge on any atom is 0.401 e. The van der Waals surface area contributed by atoms with Crippen LogP contribution in [0.3, 0.4) is 0 Å². The first kappa shape index (κ1) is 46.6. The number of likely N-dealkylation sites (N-methyl/N-ethyl adjacent to an activating group) is 1. The standard InChI is InChI=1S/C31H45N5O2.C21H24F3N3/c1-5-31(6-2)11-9-22(10-12-31)17-34-13-14-35-24(20-34)19-33(4)27-16-25-21(3)36(18-23(25)15-28(27)35)26-7-8-29(37)32-30(26)38;1-5-15-17-10-14(3)27(12-21(22,23)24)20(16(17)7-9-18(15)25-4)19-8-6-13(2)11-26-19/h15-16,22,24,26H,3,5-14,17-20H2,1-2,4H3,(H,32,37,38);5-9,11,14,20,25H,1,10,12H2,2-4H3/t24-,26?;14?,20-/m10/s1. The Balaban J connectivity index is 0.000000188. The molecule has 2 N–H and O–H groups in total. The molecule has 2 aromatic carbocycles. The Bertz CT molecular complexity index is 2260. The van der Waals surface area contributed by atoms with E-state index >= 15 is 0 Å². The van der Waals surface area contributed by atoms with Crippen LogP contribution in [0.5, 0.6) is 0 Å². The van der Waals surface area contributed by atoms with Crippen LogP contribution in [0.1, 0.15) is 117 Å². The second-order valence-electron chi connectivity index (χ2n) is 19.7. The van der Waals surface area contributed by atoms with Gasteiger partial charge in [-0.3, -0.25) is 29.7 Å². The van der Waals surface area contributed by atoms with Crippen LogP contribution in [-0.2, 0) is 22.6 Å². The zero-order chi connectivity index (χ0) is 46.4. The molecule has 65 heavy (non-hydrogen) atoms. The van der Waals surface area contributed by atoms with Gasteiger partial charge in [-0.1, -0.05) is 58.1 Å². The second-order valence-corrected chi connectivity index (χ2v) is 19.7. The number of aryl methyl sites for hydroxylation is 1. The van der Waals surface area contributed by atoms with Crippen LogP contribution in [0, 0.1) is 18.3 Å². The van der Waals surface area contributed by atoms with E-state index in [-0.39, 0.29) is 23.9 Å². The minimum atomic E-state index is -4.28. The molecule has 3 fully saturated rings. The summed E-state index contributed by atoms with van der Waals surface area (Å²) in [5.41, 5.74) is 11.9. The first-order valence-corrected chi connectivity index (χ1v) is 23.9. The van der Waals surface area contributed by atoms with Gasteiger partial charge >= 0.3 is 6.18 Å². The van der Waals surface area contributed by atoms with Crippen LogP contribution in [0.4, 0.5) is 30.2 Å². The van der Waals surface area contributed by atoms with Crippen molar-refractivity contribution in [1.29, 1.82) is 0 Å². The summed E-state index contributed by atoms with van der Waals surface area (Å²) in [6, 6.07) is 11.5. The van der Waals surface area contributed by atoms with E-state index in [1.165, 1.54) is 66.9 Å². The average Bonchev–Trinajstić information content (AvgIpc) is 3.60. The van der Waals surface area contributed by atoms with Crippen molar-refractivity contribution in [3.8, 4) is 0 Å². The largest absolute Gasteiger partial charge is 0.401 e. The van der Waals surface area contributed by atoms with Gasteiger partial charge in [-0.25, -0.2) is 0 Å². The number of carbonyl (C=O) groups excluding carboxylic acids is 2. The van der Waals surface area contributed by atoms with Crippen LogP contribution >= 0.6 is 0 Å². The number of nitrogens with one attached hydrogen (secondary N) is 2. The molecule has 1 aliphatic carbocycles. The Morgan fingerprint density at radius 3 is 2.40 bits per heavy atom. The van der Waals surface area contributed by atoms with Gasteiger partial charge in [0.1, 0.15) is 6.04 Å². The molecule has 0 spiro atoms. The highest BCUT2D eigenvalue weighted by atomic mass is 19.4. The molecule has 5 aliphatic heterocycles. The van der Waals surface area contributed by atoms with Crippen molar-refractivity contribution < 1.29 is 22.8 Å². The van der Waals surface area contributed by atoms with Crippen molar-refractivity contribution >= 4 is 40.6 Å². The predicted molar refractivity (Wildman–Crippen MR) is 256 cm³/mol. The highest BCUT2D eigenvalue weighted by Crippen LogP contribution is 2.47. The van der Waals surface area contributed by atoms with Crippen LogP contribution in [0.2, 0.25) is 0 Å². The lowest BCUT2D eigenvalue weighted by atomic mass is 9.67. The molecule has 350 valence electrons. The lowest BCUT2D eigenvalue weighted by Crippen LogP contribution is -2.60. The topological polar surface area (TPSA) is 87.3 Å². The number of fused-ring (bicyclic) bond motifs is 5. The van der Waals surface area contributed by atoms with Gasteiger partial charge in [-0.15, -0.1) is 0 Å². The Kier molecular flexibility index (Phi) is 13.5. The number of carbonyl (C=O) groups is 2. The number of amides is 2. The molecule has 4 atom stereocenters. The monoisotopic (exact) mass is 895 g/mol. The van der Waals surface area contributed by atoms with Gasteiger partial charge in [0.25, 0.3) is 0 Å². The maximum absolute atomic E-state index is 13.3. The van der Waals surface area contributed by atoms with E-state index in [1.807, 2.05) is 45.2 Å². The zero-order valence-corrected chi connectivity index (χ0v) is 39.4. The lowest BCUT2D eigenvalue weighted by molar-refractivity contribution is -0.155. The number of halogens is 3. The van der Waals surface area contributed by atoms with E-state index < -0.39 is 18.8 Å². The number of anilines is 3. The summed E-state index contributed by atoms with van der Waals surface area (Å²) in [6.07, 6.45) is 8.98. The van der Waals surface area contributed by atoms with Crippen LogP contribution in [0.25, 0.3) is 11.8 Å². The molecule has 2 saturated heterocycles. The summed E-state index contributed by atoms with van der Waals surface area (Å²) in [6.45, 7) is 22.2. The third-order valence-electron chi connectivity index (χ3n) is 15.9. The minimum Gasteiger partial charge on any atom is -0.388 e. The Hall–Kier alpha value is -4.88. The van der Waals surface area contributed by atoms with Crippen molar-refractivity contribution in [3.05, 3.63) is 94.8 Å². The Labute approximate surface area is 384 Å². The predicted octanol–water partition coefficient (Wildman–Crippen LogP) is 9.19. The first-order chi connectivity index (χ1) is 31.0. The fraction of sp³-hybridized carbons (Fsp3) is 0.558. The summed E-state index contributed by atoms with van der Waals surface area (Å²) in [5.74, 6) is 0.490. The summed E-state index contributed by atoms with van der Waals surface area (Å²) in [4.78, 5) is 40.1. The lowest BCUT2D eigenvalue weighted by Gasteiger charge is -2.50. The number of aromatic nitrogens is 1. The second kappa shape index (κ2) is 18.8. The number of piperidine rings is 1. The molecule has 0 radical (unpaired) electrons. The third kappa shape index (κ3) is 9.42. The fourth-order valence-corrected chi connectivity index (χ4v) is 11.9. The molecular formula is C52H69F3N8O2. The smallest absolute Gasteiger partial charge is 0.388 e. The number of piperazine rings is 1. The number of hydrogen-bond acceptors (Lipinski definition) is 9. The van der Waals surface area contributed by atoms with Gasteiger partial charge in [-0.05, 0) is 110 Å². The van der Waals surface area contributed by atoms with Gasteiger partial charge in [-0.2, -0.15) is 13.2 Å². The number of alkyl halides is 3. The van der Waals surface area contributed by atoms with E-state index in [2.05, 4.69) is 81.4 Å². The maximum atomic E-state index is 13.3. The third-order valence-corrected chi connectivity index (χ3v) is 15.9. The van der Waals surface area contributed by atoms with E-state index in [0.717, 1.165) is 71.3 Å². The molecular weight excluding hydrogens is 826 g/mol.